The van der Waals surface area contributed by atoms with Crippen LogP contribution in [0.2, 0.25) is 0 Å². The number of likely N-dealkylation sites (N-methyl/N-ethyl adjacent to an activating group) is 1. The third-order valence-electron chi connectivity index (χ3n) is 3.48. The van der Waals surface area contributed by atoms with Gasteiger partial charge in [0, 0.05) is 20.6 Å². The lowest BCUT2D eigenvalue weighted by Crippen LogP contribution is -2.41. The highest BCUT2D eigenvalue weighted by Crippen LogP contribution is 2.41. The molecule has 1 saturated carbocycles. The van der Waals surface area contributed by atoms with Gasteiger partial charge in [-0.3, -0.25) is 4.79 Å². The molecule has 0 aromatic heterocycles. The molecule has 2 rings (SSSR count). The van der Waals surface area contributed by atoms with Gasteiger partial charge in [-0.25, -0.2) is 0 Å². The van der Waals surface area contributed by atoms with Crippen molar-refractivity contribution in [2.24, 2.45) is 0 Å². The number of carbonyl (C=O) groups excluding carboxylic acids is 1. The molecule has 3 nitrogen and oxygen atoms in total. The van der Waals surface area contributed by atoms with Gasteiger partial charge in [-0.05, 0) is 36.8 Å². The number of nitrogens with one attached hydrogen (secondary N) is 1. The van der Waals surface area contributed by atoms with Gasteiger partial charge in [0.25, 0.3) is 0 Å². The zero-order valence-corrected chi connectivity index (χ0v) is 11.4. The van der Waals surface area contributed by atoms with Crippen molar-refractivity contribution < 1.29 is 4.79 Å². The van der Waals surface area contributed by atoms with Crippen molar-refractivity contribution in [2.75, 3.05) is 14.1 Å². The molecule has 3 heteroatoms. The summed E-state index contributed by atoms with van der Waals surface area (Å²) in [5, 5.41) is 3.31. The van der Waals surface area contributed by atoms with Crippen molar-refractivity contribution in [2.45, 2.75) is 38.3 Å². The lowest BCUT2D eigenvalue weighted by atomic mass is 10.0. The Balaban J connectivity index is 1.96. The Morgan fingerprint density at radius 2 is 2.06 bits per heavy atom. The first-order valence-corrected chi connectivity index (χ1v) is 6.62. The maximum Gasteiger partial charge on any atom is 0.238 e. The monoisotopic (exact) mass is 246 g/mol. The molecule has 0 aliphatic heterocycles. The topological polar surface area (TPSA) is 32.3 Å². The zero-order valence-electron chi connectivity index (χ0n) is 11.4. The van der Waals surface area contributed by atoms with E-state index in [2.05, 4.69) is 29.6 Å². The van der Waals surface area contributed by atoms with Crippen LogP contribution in [0.15, 0.2) is 24.3 Å². The fourth-order valence-corrected chi connectivity index (χ4v) is 2.23. The molecule has 0 radical (unpaired) electrons. The number of nitrogens with zero attached hydrogens (tertiary/aromatic N) is 1. The SMILES string of the molecule is CC(NCc1ccccc1C1CC1)C(=O)N(C)C. The smallest absolute Gasteiger partial charge is 0.238 e. The molecule has 0 bridgehead atoms. The summed E-state index contributed by atoms with van der Waals surface area (Å²) in [4.78, 5) is 13.4. The van der Waals surface area contributed by atoms with E-state index >= 15 is 0 Å². The van der Waals surface area contributed by atoms with Crippen molar-refractivity contribution in [3.8, 4) is 0 Å². The normalized spacial score (nSPS) is 16.4. The number of rotatable bonds is 5. The quantitative estimate of drug-likeness (QED) is 0.863. The summed E-state index contributed by atoms with van der Waals surface area (Å²) >= 11 is 0. The van der Waals surface area contributed by atoms with Crippen LogP contribution in [0.1, 0.15) is 36.8 Å². The molecule has 0 spiro atoms. The van der Waals surface area contributed by atoms with Gasteiger partial charge in [-0.15, -0.1) is 0 Å². The minimum Gasteiger partial charge on any atom is -0.347 e. The summed E-state index contributed by atoms with van der Waals surface area (Å²) in [5.41, 5.74) is 2.79. The van der Waals surface area contributed by atoms with Crippen molar-refractivity contribution in [1.82, 2.24) is 10.2 Å². The second kappa shape index (κ2) is 5.53. The van der Waals surface area contributed by atoms with Crippen molar-refractivity contribution >= 4 is 5.91 Å². The molecule has 1 aliphatic rings. The zero-order chi connectivity index (χ0) is 13.1. The first-order valence-electron chi connectivity index (χ1n) is 6.62. The largest absolute Gasteiger partial charge is 0.347 e. The number of hydrogen-bond acceptors (Lipinski definition) is 2. The Labute approximate surface area is 109 Å². The summed E-state index contributed by atoms with van der Waals surface area (Å²) in [7, 11) is 3.58. The van der Waals surface area contributed by atoms with E-state index in [1.54, 1.807) is 19.0 Å². The molecule has 1 fully saturated rings. The van der Waals surface area contributed by atoms with Gasteiger partial charge in [0.2, 0.25) is 5.91 Å². The van der Waals surface area contributed by atoms with Gasteiger partial charge in [-0.2, -0.15) is 0 Å². The third kappa shape index (κ3) is 3.10. The van der Waals surface area contributed by atoms with Gasteiger partial charge in [0.15, 0.2) is 0 Å². The van der Waals surface area contributed by atoms with Gasteiger partial charge >= 0.3 is 0 Å². The molecular formula is C15H22N2O. The fraction of sp³-hybridized carbons (Fsp3) is 0.533. The molecule has 1 N–H and O–H groups in total. The summed E-state index contributed by atoms with van der Waals surface area (Å²) < 4.78 is 0. The second-order valence-electron chi connectivity index (χ2n) is 5.31. The highest BCUT2D eigenvalue weighted by molar-refractivity contribution is 5.80. The van der Waals surface area contributed by atoms with E-state index in [-0.39, 0.29) is 11.9 Å². The van der Waals surface area contributed by atoms with E-state index in [0.29, 0.717) is 0 Å². The Hall–Kier alpha value is -1.35. The van der Waals surface area contributed by atoms with Crippen LogP contribution >= 0.6 is 0 Å². The van der Waals surface area contributed by atoms with Crippen LogP contribution in [-0.2, 0) is 11.3 Å². The average Bonchev–Trinajstić information content (AvgIpc) is 3.19. The molecule has 18 heavy (non-hydrogen) atoms. The highest BCUT2D eigenvalue weighted by Gasteiger charge is 2.25. The first-order chi connectivity index (χ1) is 8.59. The standard InChI is InChI=1S/C15H22N2O/c1-11(15(18)17(2)3)16-10-13-6-4-5-7-14(13)12-8-9-12/h4-7,11-12,16H,8-10H2,1-3H3. The van der Waals surface area contributed by atoms with E-state index in [4.69, 9.17) is 0 Å². The molecule has 1 aromatic rings. The van der Waals surface area contributed by atoms with Gasteiger partial charge in [-0.1, -0.05) is 24.3 Å². The predicted octanol–water partition coefficient (Wildman–Crippen LogP) is 2.13. The summed E-state index contributed by atoms with van der Waals surface area (Å²) in [6.07, 6.45) is 2.62. The number of hydrogen-bond donors (Lipinski definition) is 1. The lowest BCUT2D eigenvalue weighted by Gasteiger charge is -2.19. The van der Waals surface area contributed by atoms with E-state index in [9.17, 15) is 4.79 Å². The first kappa shape index (κ1) is 13.1. The van der Waals surface area contributed by atoms with Crippen LogP contribution in [0.4, 0.5) is 0 Å². The Morgan fingerprint density at radius 1 is 1.39 bits per heavy atom. The molecule has 98 valence electrons. The van der Waals surface area contributed by atoms with E-state index in [0.717, 1.165) is 12.5 Å². The summed E-state index contributed by atoms with van der Waals surface area (Å²) in [6, 6.07) is 8.42. The predicted molar refractivity (Wildman–Crippen MR) is 73.4 cm³/mol. The minimum atomic E-state index is -0.132. The van der Waals surface area contributed by atoms with E-state index in [1.807, 2.05) is 6.92 Å². The summed E-state index contributed by atoms with van der Waals surface area (Å²) in [5.74, 6) is 0.877. The summed E-state index contributed by atoms with van der Waals surface area (Å²) in [6.45, 7) is 2.69. The van der Waals surface area contributed by atoms with Crippen molar-refractivity contribution in [3.63, 3.8) is 0 Å². The molecule has 0 heterocycles. The number of carbonyl (C=O) groups is 1. The van der Waals surface area contributed by atoms with E-state index < -0.39 is 0 Å². The maximum atomic E-state index is 11.8. The fourth-order valence-electron chi connectivity index (χ4n) is 2.23. The molecule has 1 aliphatic carbocycles. The van der Waals surface area contributed by atoms with Crippen LogP contribution in [-0.4, -0.2) is 30.9 Å². The number of amides is 1. The van der Waals surface area contributed by atoms with Crippen LogP contribution in [0, 0.1) is 0 Å². The average molecular weight is 246 g/mol. The molecular weight excluding hydrogens is 224 g/mol. The molecule has 1 aromatic carbocycles. The molecule has 1 atom stereocenters. The van der Waals surface area contributed by atoms with Crippen LogP contribution in [0.3, 0.4) is 0 Å². The highest BCUT2D eigenvalue weighted by atomic mass is 16.2. The molecule has 1 unspecified atom stereocenters. The van der Waals surface area contributed by atoms with Crippen LogP contribution < -0.4 is 5.32 Å². The van der Waals surface area contributed by atoms with Gasteiger partial charge < -0.3 is 10.2 Å². The Kier molecular flexibility index (Phi) is 4.02. The Bertz CT molecular complexity index is 424. The van der Waals surface area contributed by atoms with Crippen molar-refractivity contribution in [1.29, 1.82) is 0 Å². The third-order valence-corrected chi connectivity index (χ3v) is 3.48. The van der Waals surface area contributed by atoms with Gasteiger partial charge in [0.1, 0.15) is 0 Å². The Morgan fingerprint density at radius 3 is 2.67 bits per heavy atom. The van der Waals surface area contributed by atoms with Crippen LogP contribution in [0.5, 0.6) is 0 Å². The second-order valence-corrected chi connectivity index (χ2v) is 5.31. The molecule has 0 saturated heterocycles. The van der Waals surface area contributed by atoms with Gasteiger partial charge in [0.05, 0.1) is 6.04 Å². The minimum absolute atomic E-state index is 0.124. The molecule has 1 amide bonds. The number of benzene rings is 1. The van der Waals surface area contributed by atoms with E-state index in [1.165, 1.54) is 24.0 Å². The maximum absolute atomic E-state index is 11.8. The van der Waals surface area contributed by atoms with Crippen LogP contribution in [0.25, 0.3) is 0 Å². The van der Waals surface area contributed by atoms with Crippen molar-refractivity contribution in [3.05, 3.63) is 35.4 Å². The lowest BCUT2D eigenvalue weighted by molar-refractivity contribution is -0.130.